The van der Waals surface area contributed by atoms with Gasteiger partial charge < -0.3 is 5.73 Å². The van der Waals surface area contributed by atoms with Gasteiger partial charge in [0.25, 0.3) is 0 Å². The smallest absolute Gasteiger partial charge is 0.122 e. The van der Waals surface area contributed by atoms with Crippen LogP contribution in [0.4, 0.5) is 0 Å². The van der Waals surface area contributed by atoms with Crippen LogP contribution in [0.3, 0.4) is 0 Å². The fraction of sp³-hybridized carbons (Fsp3) is 0.188. The van der Waals surface area contributed by atoms with E-state index in [0.717, 1.165) is 25.2 Å². The molecule has 0 saturated carbocycles. The second kappa shape index (κ2) is 4.86. The average molecular weight is 251 g/mol. The van der Waals surface area contributed by atoms with E-state index in [1.54, 1.807) is 0 Å². The molecule has 3 N–H and O–H groups in total. The summed E-state index contributed by atoms with van der Waals surface area (Å²) in [6.45, 7) is 2.97. The molecule has 96 valence electrons. The minimum Gasteiger partial charge on any atom is -0.384 e. The molecule has 2 aromatic carbocycles. The van der Waals surface area contributed by atoms with Crippen molar-refractivity contribution in [3.8, 4) is 0 Å². The van der Waals surface area contributed by atoms with Gasteiger partial charge in [0.05, 0.1) is 0 Å². The molecule has 0 radical (unpaired) electrons. The number of nitrogens with two attached hydrogens (primary N) is 1. The summed E-state index contributed by atoms with van der Waals surface area (Å²) in [5.41, 5.74) is 10.4. The van der Waals surface area contributed by atoms with Crippen LogP contribution in [-0.4, -0.2) is 10.7 Å². The van der Waals surface area contributed by atoms with Crippen LogP contribution in [0.15, 0.2) is 48.5 Å². The van der Waals surface area contributed by atoms with Crippen LogP contribution in [0.1, 0.15) is 22.3 Å². The molecule has 1 aliphatic rings. The first-order valence-corrected chi connectivity index (χ1v) is 6.45. The zero-order valence-corrected chi connectivity index (χ0v) is 10.8. The normalized spacial score (nSPS) is 14.3. The van der Waals surface area contributed by atoms with Crippen LogP contribution < -0.4 is 5.73 Å². The highest BCUT2D eigenvalue weighted by Gasteiger charge is 2.17. The minimum atomic E-state index is 0.125. The van der Waals surface area contributed by atoms with Crippen molar-refractivity contribution in [1.29, 1.82) is 5.41 Å². The van der Waals surface area contributed by atoms with E-state index in [-0.39, 0.29) is 5.84 Å². The van der Waals surface area contributed by atoms with Gasteiger partial charge in [-0.1, -0.05) is 48.5 Å². The standard InChI is InChI=1S/C16H17N3/c17-16(18)13-7-5-12(6-8-13)9-19-10-14-3-1-2-4-15(14)11-19/h1-8H,9-11H2,(H3,17,18). The maximum absolute atomic E-state index is 7.39. The Morgan fingerprint density at radius 3 is 2.11 bits per heavy atom. The third kappa shape index (κ3) is 2.51. The molecule has 3 rings (SSSR count). The lowest BCUT2D eigenvalue weighted by atomic mass is 10.1. The highest BCUT2D eigenvalue weighted by Crippen LogP contribution is 2.23. The van der Waals surface area contributed by atoms with Crippen molar-refractivity contribution in [1.82, 2.24) is 4.90 Å². The van der Waals surface area contributed by atoms with Crippen LogP contribution in [0.2, 0.25) is 0 Å². The molecule has 2 aromatic rings. The lowest BCUT2D eigenvalue weighted by molar-refractivity contribution is 0.275. The molecular weight excluding hydrogens is 234 g/mol. The van der Waals surface area contributed by atoms with Gasteiger partial charge in [-0.3, -0.25) is 10.3 Å². The Kier molecular flexibility index (Phi) is 3.05. The van der Waals surface area contributed by atoms with Crippen molar-refractivity contribution in [3.05, 3.63) is 70.8 Å². The highest BCUT2D eigenvalue weighted by molar-refractivity contribution is 5.94. The molecule has 0 aliphatic carbocycles. The van der Waals surface area contributed by atoms with Gasteiger partial charge in [0.1, 0.15) is 5.84 Å². The van der Waals surface area contributed by atoms with Gasteiger partial charge >= 0.3 is 0 Å². The Bertz CT molecular complexity index is 577. The predicted molar refractivity (Wildman–Crippen MR) is 76.9 cm³/mol. The fourth-order valence-electron chi connectivity index (χ4n) is 2.56. The molecule has 0 amide bonds. The average Bonchev–Trinajstić information content (AvgIpc) is 2.81. The van der Waals surface area contributed by atoms with Crippen LogP contribution >= 0.6 is 0 Å². The zero-order chi connectivity index (χ0) is 13.2. The number of amidine groups is 1. The first-order valence-electron chi connectivity index (χ1n) is 6.45. The zero-order valence-electron chi connectivity index (χ0n) is 10.8. The minimum absolute atomic E-state index is 0.125. The molecule has 1 aliphatic heterocycles. The quantitative estimate of drug-likeness (QED) is 0.650. The molecule has 0 bridgehead atoms. The molecule has 3 heteroatoms. The van der Waals surface area contributed by atoms with Crippen molar-refractivity contribution < 1.29 is 0 Å². The highest BCUT2D eigenvalue weighted by atomic mass is 15.1. The summed E-state index contributed by atoms with van der Waals surface area (Å²) in [4.78, 5) is 2.42. The lowest BCUT2D eigenvalue weighted by Crippen LogP contribution is -2.16. The van der Waals surface area contributed by atoms with E-state index in [9.17, 15) is 0 Å². The van der Waals surface area contributed by atoms with Crippen LogP contribution in [0, 0.1) is 5.41 Å². The Balaban J connectivity index is 1.69. The molecule has 3 nitrogen and oxygen atoms in total. The summed E-state index contributed by atoms with van der Waals surface area (Å²) in [6, 6.07) is 16.6. The number of nitrogens with zero attached hydrogens (tertiary/aromatic N) is 1. The van der Waals surface area contributed by atoms with E-state index in [2.05, 4.69) is 41.3 Å². The maximum Gasteiger partial charge on any atom is 0.122 e. The second-order valence-corrected chi connectivity index (χ2v) is 5.02. The Morgan fingerprint density at radius 1 is 1.00 bits per heavy atom. The monoisotopic (exact) mass is 251 g/mol. The molecule has 0 spiro atoms. The van der Waals surface area contributed by atoms with Gasteiger partial charge in [0, 0.05) is 25.2 Å². The van der Waals surface area contributed by atoms with Gasteiger partial charge in [-0.05, 0) is 16.7 Å². The Morgan fingerprint density at radius 2 is 1.58 bits per heavy atom. The maximum atomic E-state index is 7.39. The van der Waals surface area contributed by atoms with E-state index >= 15 is 0 Å². The summed E-state index contributed by atoms with van der Waals surface area (Å²) in [6.07, 6.45) is 0. The number of hydrogen-bond donors (Lipinski definition) is 2. The first-order chi connectivity index (χ1) is 9.22. The van der Waals surface area contributed by atoms with E-state index in [1.165, 1.54) is 16.7 Å². The van der Waals surface area contributed by atoms with E-state index < -0.39 is 0 Å². The van der Waals surface area contributed by atoms with E-state index in [1.807, 2.05) is 12.1 Å². The molecule has 0 saturated heterocycles. The van der Waals surface area contributed by atoms with Gasteiger partial charge in [0.15, 0.2) is 0 Å². The summed E-state index contributed by atoms with van der Waals surface area (Å²) < 4.78 is 0. The van der Waals surface area contributed by atoms with Crippen LogP contribution in [-0.2, 0) is 19.6 Å². The second-order valence-electron chi connectivity index (χ2n) is 5.02. The van der Waals surface area contributed by atoms with Crippen molar-refractivity contribution >= 4 is 5.84 Å². The number of hydrogen-bond acceptors (Lipinski definition) is 2. The van der Waals surface area contributed by atoms with Crippen molar-refractivity contribution in [3.63, 3.8) is 0 Å². The third-order valence-corrected chi connectivity index (χ3v) is 3.58. The molecular formula is C16H17N3. The first kappa shape index (κ1) is 11.9. The summed E-state index contributed by atoms with van der Waals surface area (Å²) in [7, 11) is 0. The van der Waals surface area contributed by atoms with Gasteiger partial charge in [0.2, 0.25) is 0 Å². The third-order valence-electron chi connectivity index (χ3n) is 3.58. The summed E-state index contributed by atoms with van der Waals surface area (Å²) in [5.74, 6) is 0.125. The molecule has 0 atom stereocenters. The van der Waals surface area contributed by atoms with Crippen molar-refractivity contribution in [2.24, 2.45) is 5.73 Å². The summed E-state index contributed by atoms with van der Waals surface area (Å²) in [5, 5.41) is 7.39. The van der Waals surface area contributed by atoms with Crippen molar-refractivity contribution in [2.75, 3.05) is 0 Å². The van der Waals surface area contributed by atoms with Gasteiger partial charge in [-0.2, -0.15) is 0 Å². The van der Waals surface area contributed by atoms with Crippen molar-refractivity contribution in [2.45, 2.75) is 19.6 Å². The predicted octanol–water partition coefficient (Wildman–Crippen LogP) is 2.49. The number of fused-ring (bicyclic) bond motifs is 1. The van der Waals surface area contributed by atoms with Crippen LogP contribution in [0.25, 0.3) is 0 Å². The fourth-order valence-corrected chi connectivity index (χ4v) is 2.56. The lowest BCUT2D eigenvalue weighted by Gasteiger charge is -2.15. The molecule has 1 heterocycles. The molecule has 0 aromatic heterocycles. The number of nitrogen functional groups attached to an aromatic ring is 1. The van der Waals surface area contributed by atoms with Gasteiger partial charge in [-0.25, -0.2) is 0 Å². The van der Waals surface area contributed by atoms with E-state index in [0.29, 0.717) is 0 Å². The Hall–Kier alpha value is -2.13. The Labute approximate surface area is 113 Å². The molecule has 0 fully saturated rings. The number of rotatable bonds is 3. The molecule has 19 heavy (non-hydrogen) atoms. The van der Waals surface area contributed by atoms with Crippen LogP contribution in [0.5, 0.6) is 0 Å². The van der Waals surface area contributed by atoms with E-state index in [4.69, 9.17) is 11.1 Å². The number of benzene rings is 2. The SMILES string of the molecule is N=C(N)c1ccc(CN2Cc3ccccc3C2)cc1. The topological polar surface area (TPSA) is 53.1 Å². The summed E-state index contributed by atoms with van der Waals surface area (Å²) >= 11 is 0. The molecule has 0 unspecified atom stereocenters. The number of nitrogens with one attached hydrogen (secondary N) is 1. The van der Waals surface area contributed by atoms with Gasteiger partial charge in [-0.15, -0.1) is 0 Å². The largest absolute Gasteiger partial charge is 0.384 e.